The number of nitrogens with one attached hydrogen (secondary N) is 1. The summed E-state index contributed by atoms with van der Waals surface area (Å²) in [7, 11) is 0. The molecule has 3 atom stereocenters. The van der Waals surface area contributed by atoms with Gasteiger partial charge in [-0.25, -0.2) is 10.0 Å². The monoisotopic (exact) mass is 427 g/mol. The Kier molecular flexibility index (Phi) is 6.77. The fourth-order valence-corrected chi connectivity index (χ4v) is 8.91. The summed E-state index contributed by atoms with van der Waals surface area (Å²) < 4.78 is 5.74. The van der Waals surface area contributed by atoms with E-state index in [9.17, 15) is 0 Å². The molecule has 1 N–H and O–H groups in total. The van der Waals surface area contributed by atoms with E-state index in [4.69, 9.17) is 4.74 Å². The first-order valence-electron chi connectivity index (χ1n) is 11.5. The standard InChI is InChI=1S/C20H37N5OS2/c1-2-9-23(10-3-1)20(18-21-6-16-27-18)19(22-7-4-5-8-22)28-17-13-25(20)24-11-14-26-15-12-24/h18-19,21H,1-17H2. The zero-order valence-electron chi connectivity index (χ0n) is 17.2. The van der Waals surface area contributed by atoms with Crippen molar-refractivity contribution in [1.82, 2.24) is 25.1 Å². The van der Waals surface area contributed by atoms with E-state index in [-0.39, 0.29) is 5.66 Å². The van der Waals surface area contributed by atoms with Crippen molar-refractivity contribution >= 4 is 23.5 Å². The van der Waals surface area contributed by atoms with Crippen molar-refractivity contribution in [2.24, 2.45) is 0 Å². The SMILES string of the molecule is C1CCN(C2(C3NCCS3)C(N3CCCC3)SCCN2N2CCOCC2)CC1. The lowest BCUT2D eigenvalue weighted by atomic mass is 9.99. The van der Waals surface area contributed by atoms with E-state index in [0.717, 1.165) is 32.8 Å². The summed E-state index contributed by atoms with van der Waals surface area (Å²) >= 11 is 4.43. The van der Waals surface area contributed by atoms with E-state index in [2.05, 4.69) is 48.7 Å². The topological polar surface area (TPSA) is 34.2 Å². The van der Waals surface area contributed by atoms with Crippen molar-refractivity contribution in [2.45, 2.75) is 48.5 Å². The fourth-order valence-electron chi connectivity index (χ4n) is 5.89. The van der Waals surface area contributed by atoms with Crippen LogP contribution < -0.4 is 5.32 Å². The molecule has 8 heteroatoms. The molecular weight excluding hydrogens is 390 g/mol. The van der Waals surface area contributed by atoms with Crippen molar-refractivity contribution in [3.8, 4) is 0 Å². The minimum Gasteiger partial charge on any atom is -0.379 e. The summed E-state index contributed by atoms with van der Waals surface area (Å²) in [5.41, 5.74) is 0.0617. The van der Waals surface area contributed by atoms with E-state index in [0.29, 0.717) is 10.7 Å². The second kappa shape index (κ2) is 9.30. The number of rotatable bonds is 4. The molecule has 5 fully saturated rings. The van der Waals surface area contributed by atoms with E-state index in [1.54, 1.807) is 0 Å². The third kappa shape index (κ3) is 3.66. The van der Waals surface area contributed by atoms with Crippen LogP contribution in [0.4, 0.5) is 0 Å². The Morgan fingerprint density at radius 1 is 0.786 bits per heavy atom. The van der Waals surface area contributed by atoms with Gasteiger partial charge in [-0.3, -0.25) is 9.80 Å². The Bertz CT molecular complexity index is 505. The largest absolute Gasteiger partial charge is 0.379 e. The highest BCUT2D eigenvalue weighted by molar-refractivity contribution is 8.01. The van der Waals surface area contributed by atoms with Gasteiger partial charge in [0.1, 0.15) is 5.66 Å². The van der Waals surface area contributed by atoms with Crippen LogP contribution in [0, 0.1) is 0 Å². The summed E-state index contributed by atoms with van der Waals surface area (Å²) in [6, 6.07) is 0. The first-order valence-corrected chi connectivity index (χ1v) is 13.6. The lowest BCUT2D eigenvalue weighted by Gasteiger charge is -2.63. The van der Waals surface area contributed by atoms with E-state index >= 15 is 0 Å². The average molecular weight is 428 g/mol. The van der Waals surface area contributed by atoms with Crippen LogP contribution in [0.5, 0.6) is 0 Å². The number of piperidine rings is 1. The number of morpholine rings is 1. The molecule has 5 aliphatic heterocycles. The Hall–Kier alpha value is 0.460. The quantitative estimate of drug-likeness (QED) is 0.724. The van der Waals surface area contributed by atoms with E-state index in [1.165, 1.54) is 76.3 Å². The molecule has 0 amide bonds. The van der Waals surface area contributed by atoms with Crippen LogP contribution in [0.1, 0.15) is 32.1 Å². The van der Waals surface area contributed by atoms with Crippen LogP contribution in [0.2, 0.25) is 0 Å². The molecule has 160 valence electrons. The van der Waals surface area contributed by atoms with Gasteiger partial charge < -0.3 is 10.1 Å². The van der Waals surface area contributed by atoms with Gasteiger partial charge in [-0.2, -0.15) is 0 Å². The maximum Gasteiger partial charge on any atom is 0.137 e. The lowest BCUT2D eigenvalue weighted by Crippen LogP contribution is -2.81. The number of hydrazine groups is 1. The predicted octanol–water partition coefficient (Wildman–Crippen LogP) is 1.55. The zero-order valence-corrected chi connectivity index (χ0v) is 18.8. The number of likely N-dealkylation sites (tertiary alicyclic amines) is 2. The molecule has 0 spiro atoms. The number of nitrogens with zero attached hydrogens (tertiary/aromatic N) is 4. The first kappa shape index (κ1) is 20.4. The summed E-state index contributed by atoms with van der Waals surface area (Å²) in [6.07, 6.45) is 6.85. The van der Waals surface area contributed by atoms with Gasteiger partial charge in [0.25, 0.3) is 0 Å². The summed E-state index contributed by atoms with van der Waals surface area (Å²) in [5.74, 6) is 2.49. The van der Waals surface area contributed by atoms with Gasteiger partial charge >= 0.3 is 0 Å². The minimum absolute atomic E-state index is 0.0617. The molecule has 5 aliphatic rings. The average Bonchev–Trinajstić information content (AvgIpc) is 3.49. The molecule has 0 saturated carbocycles. The molecule has 5 heterocycles. The van der Waals surface area contributed by atoms with Crippen molar-refractivity contribution in [3.05, 3.63) is 0 Å². The second-order valence-electron chi connectivity index (χ2n) is 8.69. The van der Waals surface area contributed by atoms with Crippen LogP contribution in [0.25, 0.3) is 0 Å². The molecule has 0 aromatic carbocycles. The number of thioether (sulfide) groups is 2. The number of ether oxygens (including phenoxy) is 1. The molecule has 5 saturated heterocycles. The molecule has 3 unspecified atom stereocenters. The minimum atomic E-state index is 0.0617. The van der Waals surface area contributed by atoms with E-state index < -0.39 is 0 Å². The van der Waals surface area contributed by atoms with Gasteiger partial charge in [-0.15, -0.1) is 23.5 Å². The fraction of sp³-hybridized carbons (Fsp3) is 1.00. The van der Waals surface area contributed by atoms with Crippen molar-refractivity contribution in [1.29, 1.82) is 0 Å². The third-order valence-corrected chi connectivity index (χ3v) is 9.79. The molecule has 0 bridgehead atoms. The van der Waals surface area contributed by atoms with Crippen LogP contribution in [-0.2, 0) is 4.74 Å². The summed E-state index contributed by atoms with van der Waals surface area (Å²) in [6.45, 7) is 11.2. The highest BCUT2D eigenvalue weighted by atomic mass is 32.2. The molecule has 0 aromatic rings. The number of hydrogen-bond donors (Lipinski definition) is 1. The zero-order chi connectivity index (χ0) is 18.8. The van der Waals surface area contributed by atoms with Crippen molar-refractivity contribution in [3.63, 3.8) is 0 Å². The van der Waals surface area contributed by atoms with Gasteiger partial charge in [0.2, 0.25) is 0 Å². The highest BCUT2D eigenvalue weighted by Gasteiger charge is 2.60. The number of hydrogen-bond acceptors (Lipinski definition) is 8. The molecule has 0 radical (unpaired) electrons. The lowest BCUT2D eigenvalue weighted by molar-refractivity contribution is -0.216. The highest BCUT2D eigenvalue weighted by Crippen LogP contribution is 2.47. The summed E-state index contributed by atoms with van der Waals surface area (Å²) in [4.78, 5) is 5.75. The van der Waals surface area contributed by atoms with Gasteiger partial charge in [-0.05, 0) is 38.8 Å². The summed E-state index contributed by atoms with van der Waals surface area (Å²) in [5, 5.41) is 10.5. The van der Waals surface area contributed by atoms with Crippen LogP contribution in [0.15, 0.2) is 0 Å². The third-order valence-electron chi connectivity index (χ3n) is 7.12. The smallest absolute Gasteiger partial charge is 0.137 e. The molecule has 0 aliphatic carbocycles. The van der Waals surface area contributed by atoms with Crippen LogP contribution in [0.3, 0.4) is 0 Å². The Labute approximate surface area is 179 Å². The van der Waals surface area contributed by atoms with Crippen molar-refractivity contribution in [2.75, 3.05) is 77.1 Å². The first-order chi connectivity index (χ1) is 13.9. The molecular formula is C20H37N5OS2. The van der Waals surface area contributed by atoms with Gasteiger partial charge in [0, 0.05) is 50.8 Å². The van der Waals surface area contributed by atoms with Crippen molar-refractivity contribution < 1.29 is 4.74 Å². The maximum atomic E-state index is 5.74. The van der Waals surface area contributed by atoms with Crippen LogP contribution >= 0.6 is 23.5 Å². The predicted molar refractivity (Wildman–Crippen MR) is 119 cm³/mol. The van der Waals surface area contributed by atoms with Gasteiger partial charge in [-0.1, -0.05) is 6.42 Å². The molecule has 6 nitrogen and oxygen atoms in total. The molecule has 28 heavy (non-hydrogen) atoms. The maximum absolute atomic E-state index is 5.74. The molecule has 5 rings (SSSR count). The van der Waals surface area contributed by atoms with Gasteiger partial charge in [0.05, 0.1) is 24.0 Å². The Morgan fingerprint density at radius 3 is 2.25 bits per heavy atom. The molecule has 0 aromatic heterocycles. The Balaban J connectivity index is 1.56. The normalized spacial score (nSPS) is 40.3. The van der Waals surface area contributed by atoms with Crippen LogP contribution in [-0.4, -0.2) is 113 Å². The van der Waals surface area contributed by atoms with E-state index in [1.807, 2.05) is 0 Å². The van der Waals surface area contributed by atoms with Gasteiger partial charge in [0.15, 0.2) is 0 Å². The second-order valence-corrected chi connectivity index (χ2v) is 11.1. The Morgan fingerprint density at radius 2 is 1.54 bits per heavy atom.